The van der Waals surface area contributed by atoms with Crippen LogP contribution in [0.4, 0.5) is 0 Å². The zero-order valence-electron chi connectivity index (χ0n) is 11.5. The normalized spacial score (nSPS) is 10.9. The highest BCUT2D eigenvalue weighted by Crippen LogP contribution is 2.14. The molecule has 1 amide bonds. The summed E-state index contributed by atoms with van der Waals surface area (Å²) in [6.45, 7) is 7.81. The Kier molecular flexibility index (Phi) is 5.57. The Morgan fingerprint density at radius 3 is 2.58 bits per heavy atom. The molecule has 0 saturated heterocycles. The van der Waals surface area contributed by atoms with Crippen molar-refractivity contribution in [3.8, 4) is 5.75 Å². The minimum atomic E-state index is -0.427. The van der Waals surface area contributed by atoms with Gasteiger partial charge in [0.25, 0.3) is 5.91 Å². The Morgan fingerprint density at radius 1 is 1.42 bits per heavy atom. The lowest BCUT2D eigenvalue weighted by Crippen LogP contribution is -2.44. The number of ether oxygens (including phenoxy) is 1. The van der Waals surface area contributed by atoms with E-state index in [0.717, 1.165) is 0 Å². The molecular formula is C15H21NO3. The van der Waals surface area contributed by atoms with E-state index in [-0.39, 0.29) is 12.5 Å². The molecule has 0 fully saturated rings. The van der Waals surface area contributed by atoms with Crippen molar-refractivity contribution >= 4 is 5.91 Å². The molecule has 0 aliphatic heterocycles. The summed E-state index contributed by atoms with van der Waals surface area (Å²) in [5.74, 6) is 0.541. The number of hydrogen-bond acceptors (Lipinski definition) is 3. The van der Waals surface area contributed by atoms with Crippen LogP contribution >= 0.6 is 0 Å². The predicted octanol–water partition coefficient (Wildman–Crippen LogP) is 2.14. The lowest BCUT2D eigenvalue weighted by atomic mass is 10.0. The van der Waals surface area contributed by atoms with E-state index in [1.54, 1.807) is 30.3 Å². The molecule has 19 heavy (non-hydrogen) atoms. The molecule has 1 aromatic carbocycles. The molecule has 4 nitrogen and oxygen atoms in total. The van der Waals surface area contributed by atoms with Crippen LogP contribution in [0.15, 0.2) is 36.9 Å². The first kappa shape index (κ1) is 15.2. The van der Waals surface area contributed by atoms with E-state index in [1.165, 1.54) is 0 Å². The zero-order chi connectivity index (χ0) is 14.3. The van der Waals surface area contributed by atoms with Crippen LogP contribution in [-0.2, 0) is 0 Å². The van der Waals surface area contributed by atoms with Gasteiger partial charge in [0.05, 0.1) is 0 Å². The average Bonchev–Trinajstić information content (AvgIpc) is 2.36. The van der Waals surface area contributed by atoms with Crippen molar-refractivity contribution in [1.29, 1.82) is 0 Å². The summed E-state index contributed by atoms with van der Waals surface area (Å²) < 4.78 is 5.35. The van der Waals surface area contributed by atoms with Crippen LogP contribution in [0.5, 0.6) is 5.75 Å². The number of carbonyl (C=O) groups excluding carboxylic acids is 1. The predicted molar refractivity (Wildman–Crippen MR) is 75.4 cm³/mol. The molecule has 0 heterocycles. The molecule has 104 valence electrons. The van der Waals surface area contributed by atoms with Crippen molar-refractivity contribution < 1.29 is 14.6 Å². The lowest BCUT2D eigenvalue weighted by molar-refractivity contribution is 0.0899. The first-order valence-corrected chi connectivity index (χ1v) is 6.25. The summed E-state index contributed by atoms with van der Waals surface area (Å²) >= 11 is 0. The van der Waals surface area contributed by atoms with E-state index in [0.29, 0.717) is 24.3 Å². The molecular weight excluding hydrogens is 242 g/mol. The van der Waals surface area contributed by atoms with Crippen molar-refractivity contribution in [2.75, 3.05) is 13.2 Å². The standard InChI is InChI=1S/C15H21NO3/c1-4-11-19-13-7-5-12(6-8-13)14(18)16-15(2,3)9-10-17/h4-8,17H,1,9-11H2,2-3H3,(H,16,18). The lowest BCUT2D eigenvalue weighted by Gasteiger charge is -2.25. The van der Waals surface area contributed by atoms with Crippen LogP contribution in [0, 0.1) is 0 Å². The van der Waals surface area contributed by atoms with Gasteiger partial charge in [-0.05, 0) is 44.5 Å². The Hall–Kier alpha value is -1.81. The summed E-state index contributed by atoms with van der Waals surface area (Å²) in [6.07, 6.45) is 2.18. The third kappa shape index (κ3) is 5.14. The Morgan fingerprint density at radius 2 is 2.05 bits per heavy atom. The molecule has 0 aliphatic carbocycles. The second-order valence-corrected chi connectivity index (χ2v) is 4.94. The molecule has 0 aromatic heterocycles. The number of rotatable bonds is 7. The van der Waals surface area contributed by atoms with Crippen LogP contribution in [-0.4, -0.2) is 29.8 Å². The number of aliphatic hydroxyl groups excluding tert-OH is 1. The summed E-state index contributed by atoms with van der Waals surface area (Å²) in [7, 11) is 0. The maximum absolute atomic E-state index is 12.0. The second-order valence-electron chi connectivity index (χ2n) is 4.94. The summed E-state index contributed by atoms with van der Waals surface area (Å²) in [5.41, 5.74) is 0.140. The quantitative estimate of drug-likeness (QED) is 0.741. The molecule has 1 rings (SSSR count). The molecule has 1 aromatic rings. The monoisotopic (exact) mass is 263 g/mol. The van der Waals surface area contributed by atoms with Gasteiger partial charge in [-0.15, -0.1) is 0 Å². The highest BCUT2D eigenvalue weighted by molar-refractivity contribution is 5.94. The topological polar surface area (TPSA) is 58.6 Å². The highest BCUT2D eigenvalue weighted by atomic mass is 16.5. The zero-order valence-corrected chi connectivity index (χ0v) is 11.5. The average molecular weight is 263 g/mol. The van der Waals surface area contributed by atoms with Gasteiger partial charge < -0.3 is 15.2 Å². The van der Waals surface area contributed by atoms with E-state index in [9.17, 15) is 4.79 Å². The van der Waals surface area contributed by atoms with Crippen LogP contribution in [0.25, 0.3) is 0 Å². The van der Waals surface area contributed by atoms with Gasteiger partial charge in [0.2, 0.25) is 0 Å². The third-order valence-corrected chi connectivity index (χ3v) is 2.67. The Balaban J connectivity index is 2.65. The molecule has 0 atom stereocenters. The first-order valence-electron chi connectivity index (χ1n) is 6.25. The fraction of sp³-hybridized carbons (Fsp3) is 0.400. The Labute approximate surface area is 114 Å². The fourth-order valence-electron chi connectivity index (χ4n) is 1.58. The number of carbonyl (C=O) groups is 1. The van der Waals surface area contributed by atoms with E-state index >= 15 is 0 Å². The van der Waals surface area contributed by atoms with Crippen LogP contribution in [0.3, 0.4) is 0 Å². The number of benzene rings is 1. The minimum absolute atomic E-state index is 0.0433. The molecule has 0 bridgehead atoms. The van der Waals surface area contributed by atoms with Gasteiger partial charge in [-0.1, -0.05) is 12.7 Å². The molecule has 0 unspecified atom stereocenters. The highest BCUT2D eigenvalue weighted by Gasteiger charge is 2.20. The van der Waals surface area contributed by atoms with Gasteiger partial charge in [0, 0.05) is 17.7 Å². The number of nitrogens with one attached hydrogen (secondary N) is 1. The minimum Gasteiger partial charge on any atom is -0.490 e. The molecule has 0 saturated carbocycles. The van der Waals surface area contributed by atoms with Crippen LogP contribution in [0.1, 0.15) is 30.6 Å². The van der Waals surface area contributed by atoms with Crippen LogP contribution in [0.2, 0.25) is 0 Å². The molecule has 0 spiro atoms. The molecule has 0 radical (unpaired) electrons. The molecule has 4 heteroatoms. The maximum Gasteiger partial charge on any atom is 0.251 e. The third-order valence-electron chi connectivity index (χ3n) is 2.67. The van der Waals surface area contributed by atoms with Crippen molar-refractivity contribution in [1.82, 2.24) is 5.32 Å². The van der Waals surface area contributed by atoms with Crippen LogP contribution < -0.4 is 10.1 Å². The van der Waals surface area contributed by atoms with E-state index in [2.05, 4.69) is 11.9 Å². The van der Waals surface area contributed by atoms with E-state index in [1.807, 2.05) is 13.8 Å². The summed E-state index contributed by atoms with van der Waals surface area (Å²) in [5, 5.41) is 11.8. The van der Waals surface area contributed by atoms with E-state index in [4.69, 9.17) is 9.84 Å². The molecule has 2 N–H and O–H groups in total. The van der Waals surface area contributed by atoms with Gasteiger partial charge in [0.1, 0.15) is 12.4 Å². The van der Waals surface area contributed by atoms with Crippen molar-refractivity contribution in [3.63, 3.8) is 0 Å². The van der Waals surface area contributed by atoms with Gasteiger partial charge in [-0.2, -0.15) is 0 Å². The summed E-state index contributed by atoms with van der Waals surface area (Å²) in [6, 6.07) is 6.92. The molecule has 0 aliphatic rings. The second kappa shape index (κ2) is 6.95. The Bertz CT molecular complexity index is 424. The number of hydrogen-bond donors (Lipinski definition) is 2. The number of aliphatic hydroxyl groups is 1. The van der Waals surface area contributed by atoms with Gasteiger partial charge in [-0.3, -0.25) is 4.79 Å². The van der Waals surface area contributed by atoms with Crippen molar-refractivity contribution in [2.24, 2.45) is 0 Å². The van der Waals surface area contributed by atoms with Gasteiger partial charge >= 0.3 is 0 Å². The fourth-order valence-corrected chi connectivity index (χ4v) is 1.58. The first-order chi connectivity index (χ1) is 8.98. The van der Waals surface area contributed by atoms with E-state index < -0.39 is 5.54 Å². The maximum atomic E-state index is 12.0. The van der Waals surface area contributed by atoms with Gasteiger partial charge in [-0.25, -0.2) is 0 Å². The SMILES string of the molecule is C=CCOc1ccc(C(=O)NC(C)(C)CCO)cc1. The van der Waals surface area contributed by atoms with Crippen molar-refractivity contribution in [2.45, 2.75) is 25.8 Å². The van der Waals surface area contributed by atoms with Gasteiger partial charge in [0.15, 0.2) is 0 Å². The summed E-state index contributed by atoms with van der Waals surface area (Å²) in [4.78, 5) is 12.0. The number of amides is 1. The smallest absolute Gasteiger partial charge is 0.251 e. The van der Waals surface area contributed by atoms with Crippen molar-refractivity contribution in [3.05, 3.63) is 42.5 Å². The largest absolute Gasteiger partial charge is 0.490 e.